The summed E-state index contributed by atoms with van der Waals surface area (Å²) in [5, 5.41) is 1.15. The van der Waals surface area contributed by atoms with E-state index in [0.717, 1.165) is 18.2 Å². The van der Waals surface area contributed by atoms with Gasteiger partial charge < -0.3 is 4.74 Å². The second kappa shape index (κ2) is 18.7. The van der Waals surface area contributed by atoms with Crippen molar-refractivity contribution in [2.75, 3.05) is 12.4 Å². The quantitative estimate of drug-likeness (QED) is 0.132. The monoisotopic (exact) mass is 374 g/mol. The average Bonchev–Trinajstić information content (AvgIpc) is 2.54. The number of allylic oxidation sites excluding steroid dienone is 2. The van der Waals surface area contributed by atoms with Gasteiger partial charge in [0.25, 0.3) is 0 Å². The molecule has 0 atom stereocenters. The minimum atomic E-state index is -0.0777. The van der Waals surface area contributed by atoms with Crippen molar-refractivity contribution in [1.29, 1.82) is 0 Å². The number of halogens is 1. The summed E-state index contributed by atoms with van der Waals surface area (Å²) in [6, 6.07) is 0. The third-order valence-electron chi connectivity index (χ3n) is 3.90. The zero-order chi connectivity index (χ0) is 16.3. The molecule has 0 unspecified atom stereocenters. The summed E-state index contributed by atoms with van der Waals surface area (Å²) < 4.78 is 4.62. The molecule has 0 saturated heterocycles. The minimum Gasteiger partial charge on any atom is -0.469 e. The fourth-order valence-electron chi connectivity index (χ4n) is 2.46. The summed E-state index contributed by atoms with van der Waals surface area (Å²) >= 11 is 3.47. The van der Waals surface area contributed by atoms with Gasteiger partial charge in [-0.3, -0.25) is 4.79 Å². The Morgan fingerprint density at radius 1 is 0.773 bits per heavy atom. The van der Waals surface area contributed by atoms with E-state index >= 15 is 0 Å². The van der Waals surface area contributed by atoms with E-state index in [1.807, 2.05) is 0 Å². The molecule has 0 aromatic heterocycles. The highest BCUT2D eigenvalue weighted by molar-refractivity contribution is 9.09. The van der Waals surface area contributed by atoms with Crippen LogP contribution in [0.15, 0.2) is 12.2 Å². The number of esters is 1. The van der Waals surface area contributed by atoms with E-state index < -0.39 is 0 Å². The van der Waals surface area contributed by atoms with Gasteiger partial charge in [0.1, 0.15) is 0 Å². The van der Waals surface area contributed by atoms with E-state index in [1.165, 1.54) is 77.7 Å². The zero-order valence-corrected chi connectivity index (χ0v) is 16.0. The third-order valence-corrected chi connectivity index (χ3v) is 4.46. The van der Waals surface area contributed by atoms with Gasteiger partial charge in [-0.1, -0.05) is 73.0 Å². The molecule has 0 radical (unpaired) electrons. The number of ether oxygens (including phenoxy) is 1. The summed E-state index contributed by atoms with van der Waals surface area (Å²) in [4.78, 5) is 10.9. The first-order chi connectivity index (χ1) is 10.8. The van der Waals surface area contributed by atoms with Gasteiger partial charge in [0.05, 0.1) is 7.11 Å². The maximum Gasteiger partial charge on any atom is 0.305 e. The molecule has 130 valence electrons. The van der Waals surface area contributed by atoms with Gasteiger partial charge in [0.15, 0.2) is 0 Å². The van der Waals surface area contributed by atoms with E-state index in [9.17, 15) is 4.79 Å². The number of alkyl halides is 1. The van der Waals surface area contributed by atoms with Crippen LogP contribution in [0, 0.1) is 0 Å². The fourth-order valence-corrected chi connectivity index (χ4v) is 2.86. The van der Waals surface area contributed by atoms with Crippen LogP contribution >= 0.6 is 15.9 Å². The van der Waals surface area contributed by atoms with Crippen molar-refractivity contribution in [3.8, 4) is 0 Å². The number of unbranched alkanes of at least 4 members (excludes halogenated alkanes) is 11. The first-order valence-electron chi connectivity index (χ1n) is 9.09. The molecule has 0 fully saturated rings. The van der Waals surface area contributed by atoms with Crippen molar-refractivity contribution < 1.29 is 9.53 Å². The zero-order valence-electron chi connectivity index (χ0n) is 14.5. The van der Waals surface area contributed by atoms with Crippen LogP contribution in [0.5, 0.6) is 0 Å². The topological polar surface area (TPSA) is 26.3 Å². The van der Waals surface area contributed by atoms with E-state index in [1.54, 1.807) is 0 Å². The number of carbonyl (C=O) groups is 1. The molecule has 0 spiro atoms. The van der Waals surface area contributed by atoms with Gasteiger partial charge in [-0.05, 0) is 38.5 Å². The van der Waals surface area contributed by atoms with E-state index in [4.69, 9.17) is 0 Å². The average molecular weight is 375 g/mol. The standard InChI is InChI=1S/C19H35BrO2/c1-22-19(21)17-15-13-11-9-7-5-3-2-4-6-8-10-12-14-16-18-20/h2-3H,4-18H2,1H3/b3-2-. The Labute approximate surface area is 146 Å². The summed E-state index contributed by atoms with van der Waals surface area (Å²) in [7, 11) is 1.46. The van der Waals surface area contributed by atoms with E-state index in [2.05, 4.69) is 32.8 Å². The number of hydrogen-bond acceptors (Lipinski definition) is 2. The largest absolute Gasteiger partial charge is 0.469 e. The molecule has 0 heterocycles. The lowest BCUT2D eigenvalue weighted by Crippen LogP contribution is -1.98. The number of rotatable bonds is 16. The van der Waals surface area contributed by atoms with Crippen LogP contribution in [-0.4, -0.2) is 18.4 Å². The molecular formula is C19H35BrO2. The van der Waals surface area contributed by atoms with Crippen LogP contribution in [0.4, 0.5) is 0 Å². The molecule has 0 aromatic carbocycles. The molecule has 3 heteroatoms. The SMILES string of the molecule is COC(=O)CCCCCCC/C=C\CCCCCCCCBr. The molecule has 0 bridgehead atoms. The number of hydrogen-bond donors (Lipinski definition) is 0. The highest BCUT2D eigenvalue weighted by Gasteiger charge is 1.98. The highest BCUT2D eigenvalue weighted by Crippen LogP contribution is 2.10. The second-order valence-corrected chi connectivity index (χ2v) is 6.75. The van der Waals surface area contributed by atoms with Gasteiger partial charge in [-0.25, -0.2) is 0 Å². The second-order valence-electron chi connectivity index (χ2n) is 5.95. The van der Waals surface area contributed by atoms with Crippen LogP contribution < -0.4 is 0 Å². The maximum atomic E-state index is 10.9. The lowest BCUT2D eigenvalue weighted by atomic mass is 10.1. The van der Waals surface area contributed by atoms with Crippen molar-refractivity contribution in [2.45, 2.75) is 89.9 Å². The van der Waals surface area contributed by atoms with Crippen LogP contribution in [0.1, 0.15) is 89.9 Å². The van der Waals surface area contributed by atoms with Crippen molar-refractivity contribution in [3.63, 3.8) is 0 Å². The summed E-state index contributed by atoms with van der Waals surface area (Å²) in [6.45, 7) is 0. The van der Waals surface area contributed by atoms with Crippen LogP contribution in [0.3, 0.4) is 0 Å². The van der Waals surface area contributed by atoms with Crippen molar-refractivity contribution in [1.82, 2.24) is 0 Å². The summed E-state index contributed by atoms with van der Waals surface area (Å²) in [5.41, 5.74) is 0. The van der Waals surface area contributed by atoms with Crippen LogP contribution in [0.2, 0.25) is 0 Å². The predicted molar refractivity (Wildman–Crippen MR) is 99.6 cm³/mol. The molecule has 0 aromatic rings. The fraction of sp³-hybridized carbons (Fsp3) is 0.842. The normalized spacial score (nSPS) is 11.2. The summed E-state index contributed by atoms with van der Waals surface area (Å²) in [6.07, 6.45) is 21.9. The van der Waals surface area contributed by atoms with Gasteiger partial charge in [0, 0.05) is 11.8 Å². The van der Waals surface area contributed by atoms with Gasteiger partial charge >= 0.3 is 5.97 Å². The number of methoxy groups -OCH3 is 1. The Kier molecular flexibility index (Phi) is 18.5. The van der Waals surface area contributed by atoms with Crippen molar-refractivity contribution in [3.05, 3.63) is 12.2 Å². The Hall–Kier alpha value is -0.310. The minimum absolute atomic E-state index is 0.0777. The van der Waals surface area contributed by atoms with Crippen molar-refractivity contribution >= 4 is 21.9 Å². The Balaban J connectivity index is 3.10. The number of carbonyl (C=O) groups excluding carboxylic acids is 1. The lowest BCUT2D eigenvalue weighted by molar-refractivity contribution is -0.140. The molecule has 0 amide bonds. The highest BCUT2D eigenvalue weighted by atomic mass is 79.9. The van der Waals surface area contributed by atoms with Gasteiger partial charge in [-0.2, -0.15) is 0 Å². The molecule has 0 aliphatic carbocycles. The predicted octanol–water partition coefficient (Wildman–Crippen LogP) is 6.57. The third kappa shape index (κ3) is 17.7. The summed E-state index contributed by atoms with van der Waals surface area (Å²) in [5.74, 6) is -0.0777. The van der Waals surface area contributed by atoms with Crippen LogP contribution in [0.25, 0.3) is 0 Å². The van der Waals surface area contributed by atoms with Gasteiger partial charge in [0.2, 0.25) is 0 Å². The Bertz CT molecular complexity index is 264. The van der Waals surface area contributed by atoms with Gasteiger partial charge in [-0.15, -0.1) is 0 Å². The first-order valence-corrected chi connectivity index (χ1v) is 10.2. The molecule has 0 saturated carbocycles. The molecule has 0 aliphatic rings. The Morgan fingerprint density at radius 3 is 1.73 bits per heavy atom. The van der Waals surface area contributed by atoms with E-state index in [0.29, 0.717) is 6.42 Å². The van der Waals surface area contributed by atoms with Crippen LogP contribution in [-0.2, 0) is 9.53 Å². The Morgan fingerprint density at radius 2 is 1.23 bits per heavy atom. The molecule has 22 heavy (non-hydrogen) atoms. The molecule has 0 rings (SSSR count). The molecule has 0 N–H and O–H groups in total. The van der Waals surface area contributed by atoms with Crippen molar-refractivity contribution in [2.24, 2.45) is 0 Å². The first kappa shape index (κ1) is 21.7. The maximum absolute atomic E-state index is 10.9. The molecular weight excluding hydrogens is 340 g/mol. The van der Waals surface area contributed by atoms with E-state index in [-0.39, 0.29) is 5.97 Å². The lowest BCUT2D eigenvalue weighted by Gasteiger charge is -2.00. The molecule has 0 aliphatic heterocycles. The molecule has 2 nitrogen and oxygen atoms in total. The smallest absolute Gasteiger partial charge is 0.305 e.